The first-order chi connectivity index (χ1) is 13.6. The summed E-state index contributed by atoms with van der Waals surface area (Å²) < 4.78 is 0. The molecule has 0 bridgehead atoms. The van der Waals surface area contributed by atoms with Gasteiger partial charge in [-0.05, 0) is 24.6 Å². The van der Waals surface area contributed by atoms with Crippen molar-refractivity contribution in [1.82, 2.24) is 15.1 Å². The number of nitrogens with one attached hydrogen (secondary N) is 1. The van der Waals surface area contributed by atoms with Gasteiger partial charge < -0.3 is 5.32 Å². The zero-order chi connectivity index (χ0) is 19.8. The summed E-state index contributed by atoms with van der Waals surface area (Å²) in [7, 11) is 0. The van der Waals surface area contributed by atoms with Crippen LogP contribution >= 0.6 is 11.3 Å². The van der Waals surface area contributed by atoms with Gasteiger partial charge in [0.25, 0.3) is 0 Å². The Balaban J connectivity index is 1.27. The first kappa shape index (κ1) is 20.7. The minimum absolute atomic E-state index is 0.0376. The third-order valence-corrected chi connectivity index (χ3v) is 6.10. The van der Waals surface area contributed by atoms with Gasteiger partial charge in [0, 0.05) is 63.5 Å². The number of thiophene rings is 1. The van der Waals surface area contributed by atoms with Crippen molar-refractivity contribution in [3.05, 3.63) is 57.8 Å². The number of benzene rings is 1. The Morgan fingerprint density at radius 1 is 0.964 bits per heavy atom. The van der Waals surface area contributed by atoms with E-state index in [0.717, 1.165) is 49.0 Å². The molecule has 5 nitrogen and oxygen atoms in total. The van der Waals surface area contributed by atoms with Crippen molar-refractivity contribution in [2.75, 3.05) is 39.3 Å². The second-order valence-electron chi connectivity index (χ2n) is 7.29. The van der Waals surface area contributed by atoms with Crippen molar-refractivity contribution in [3.8, 4) is 0 Å². The molecule has 2 heterocycles. The van der Waals surface area contributed by atoms with Crippen LogP contribution in [0.3, 0.4) is 0 Å². The van der Waals surface area contributed by atoms with Crippen molar-refractivity contribution in [1.29, 1.82) is 0 Å². The number of ketones is 1. The summed E-state index contributed by atoms with van der Waals surface area (Å²) in [6.45, 7) is 8.65. The summed E-state index contributed by atoms with van der Waals surface area (Å²) >= 11 is 1.49. The number of carbonyl (C=O) groups excluding carboxylic acids is 2. The highest BCUT2D eigenvalue weighted by Crippen LogP contribution is 2.17. The zero-order valence-corrected chi connectivity index (χ0v) is 17.3. The topological polar surface area (TPSA) is 52.7 Å². The second-order valence-corrected chi connectivity index (χ2v) is 8.57. The standard InChI is InChI=1S/C22H29N3O2S/c1-18-7-9-21(28-18)20(26)8-10-22(27)23-11-12-24-13-15-25(16-14-24)17-19-5-3-2-4-6-19/h2-7,9H,8,10-17H2,1H3,(H,23,27). The fourth-order valence-electron chi connectivity index (χ4n) is 3.39. The van der Waals surface area contributed by atoms with Gasteiger partial charge >= 0.3 is 0 Å². The van der Waals surface area contributed by atoms with Crippen LogP contribution in [0.1, 0.15) is 33.0 Å². The molecule has 0 atom stereocenters. The van der Waals surface area contributed by atoms with Gasteiger partial charge in [0.15, 0.2) is 5.78 Å². The van der Waals surface area contributed by atoms with Crippen molar-refractivity contribution in [2.24, 2.45) is 0 Å². The first-order valence-electron chi connectivity index (χ1n) is 9.95. The highest BCUT2D eigenvalue weighted by molar-refractivity contribution is 7.14. The van der Waals surface area contributed by atoms with Gasteiger partial charge in [-0.15, -0.1) is 11.3 Å². The van der Waals surface area contributed by atoms with E-state index < -0.39 is 0 Å². The van der Waals surface area contributed by atoms with Crippen molar-refractivity contribution in [3.63, 3.8) is 0 Å². The summed E-state index contributed by atoms with van der Waals surface area (Å²) in [5, 5.41) is 2.95. The van der Waals surface area contributed by atoms with Gasteiger partial charge in [-0.3, -0.25) is 19.4 Å². The first-order valence-corrected chi connectivity index (χ1v) is 10.8. The number of nitrogens with zero attached hydrogens (tertiary/aromatic N) is 2. The Morgan fingerprint density at radius 2 is 1.68 bits per heavy atom. The maximum absolute atomic E-state index is 12.1. The molecule has 1 aromatic heterocycles. The van der Waals surface area contributed by atoms with E-state index in [1.165, 1.54) is 16.9 Å². The monoisotopic (exact) mass is 399 g/mol. The van der Waals surface area contributed by atoms with E-state index in [0.29, 0.717) is 6.54 Å². The fraction of sp³-hybridized carbons (Fsp3) is 0.455. The van der Waals surface area contributed by atoms with E-state index in [1.54, 1.807) is 0 Å². The number of piperazine rings is 1. The Hall–Kier alpha value is -2.02. The summed E-state index contributed by atoms with van der Waals surface area (Å²) in [6, 6.07) is 14.4. The predicted molar refractivity (Wildman–Crippen MR) is 114 cm³/mol. The molecular weight excluding hydrogens is 370 g/mol. The molecule has 1 fully saturated rings. The van der Waals surface area contributed by atoms with Gasteiger partial charge in [0.2, 0.25) is 5.91 Å². The van der Waals surface area contributed by atoms with Crippen molar-refractivity contribution >= 4 is 23.0 Å². The van der Waals surface area contributed by atoms with E-state index >= 15 is 0 Å². The summed E-state index contributed by atoms with van der Waals surface area (Å²) in [4.78, 5) is 30.8. The maximum atomic E-state index is 12.1. The molecular formula is C22H29N3O2S. The van der Waals surface area contributed by atoms with Gasteiger partial charge in [0.1, 0.15) is 0 Å². The van der Waals surface area contributed by atoms with Crippen LogP contribution in [0.25, 0.3) is 0 Å². The molecule has 1 aromatic carbocycles. The third kappa shape index (κ3) is 6.55. The summed E-state index contributed by atoms with van der Waals surface area (Å²) in [5.74, 6) is 0.0205. The fourth-order valence-corrected chi connectivity index (χ4v) is 4.22. The molecule has 1 amide bonds. The molecule has 1 aliphatic heterocycles. The highest BCUT2D eigenvalue weighted by Gasteiger charge is 2.17. The lowest BCUT2D eigenvalue weighted by Gasteiger charge is -2.34. The van der Waals surface area contributed by atoms with Crippen LogP contribution in [0.15, 0.2) is 42.5 Å². The van der Waals surface area contributed by atoms with Crippen molar-refractivity contribution < 1.29 is 9.59 Å². The normalized spacial score (nSPS) is 15.5. The van der Waals surface area contributed by atoms with Crippen LogP contribution in [0.2, 0.25) is 0 Å². The van der Waals surface area contributed by atoms with Crippen molar-refractivity contribution in [2.45, 2.75) is 26.3 Å². The molecule has 1 saturated heterocycles. The Kier molecular flexibility index (Phi) is 7.77. The van der Waals surface area contributed by atoms with Crippen LogP contribution < -0.4 is 5.32 Å². The van der Waals surface area contributed by atoms with E-state index in [1.807, 2.05) is 19.1 Å². The minimum Gasteiger partial charge on any atom is -0.355 e. The number of rotatable bonds is 9. The molecule has 0 aliphatic carbocycles. The smallest absolute Gasteiger partial charge is 0.220 e. The molecule has 0 radical (unpaired) electrons. The lowest BCUT2D eigenvalue weighted by atomic mass is 10.2. The van der Waals surface area contributed by atoms with Crippen LogP contribution in [-0.2, 0) is 11.3 Å². The molecule has 150 valence electrons. The number of hydrogen-bond acceptors (Lipinski definition) is 5. The number of amides is 1. The summed E-state index contributed by atoms with van der Waals surface area (Å²) in [6.07, 6.45) is 0.546. The number of hydrogen-bond donors (Lipinski definition) is 1. The van der Waals surface area contributed by atoms with Crippen LogP contribution in [0.4, 0.5) is 0 Å². The molecule has 0 unspecified atom stereocenters. The van der Waals surface area contributed by atoms with Gasteiger partial charge in [-0.25, -0.2) is 0 Å². The second kappa shape index (κ2) is 10.5. The molecule has 1 aliphatic rings. The van der Waals surface area contributed by atoms with Gasteiger partial charge in [-0.2, -0.15) is 0 Å². The predicted octanol–water partition coefficient (Wildman–Crippen LogP) is 2.95. The molecule has 1 N–H and O–H groups in total. The lowest BCUT2D eigenvalue weighted by molar-refractivity contribution is -0.121. The average Bonchev–Trinajstić information content (AvgIpc) is 3.15. The molecule has 2 aromatic rings. The minimum atomic E-state index is -0.0376. The molecule has 28 heavy (non-hydrogen) atoms. The Bertz CT molecular complexity index is 767. The third-order valence-electron chi connectivity index (χ3n) is 5.06. The van der Waals surface area contributed by atoms with Crippen LogP contribution in [0, 0.1) is 6.92 Å². The Labute approximate surface area is 171 Å². The van der Waals surface area contributed by atoms with E-state index in [4.69, 9.17) is 0 Å². The van der Waals surface area contributed by atoms with Crippen LogP contribution in [-0.4, -0.2) is 60.8 Å². The van der Waals surface area contributed by atoms with Gasteiger partial charge in [0.05, 0.1) is 4.88 Å². The maximum Gasteiger partial charge on any atom is 0.220 e. The molecule has 6 heteroatoms. The van der Waals surface area contributed by atoms with Crippen LogP contribution in [0.5, 0.6) is 0 Å². The largest absolute Gasteiger partial charge is 0.355 e. The molecule has 3 rings (SSSR count). The van der Waals surface area contributed by atoms with Gasteiger partial charge in [-0.1, -0.05) is 30.3 Å². The number of aryl methyl sites for hydroxylation is 1. The Morgan fingerprint density at radius 3 is 2.36 bits per heavy atom. The quantitative estimate of drug-likeness (QED) is 0.659. The number of Topliss-reactive ketones (excluding diaryl/α,β-unsaturated/α-hetero) is 1. The molecule has 0 saturated carbocycles. The molecule has 0 spiro atoms. The van der Waals surface area contributed by atoms with E-state index in [2.05, 4.69) is 45.4 Å². The van der Waals surface area contributed by atoms with E-state index in [9.17, 15) is 9.59 Å². The summed E-state index contributed by atoms with van der Waals surface area (Å²) in [5.41, 5.74) is 1.36. The average molecular weight is 400 g/mol. The lowest BCUT2D eigenvalue weighted by Crippen LogP contribution is -2.48. The number of carbonyl (C=O) groups is 2. The zero-order valence-electron chi connectivity index (χ0n) is 16.5. The highest BCUT2D eigenvalue weighted by atomic mass is 32.1. The van der Waals surface area contributed by atoms with E-state index in [-0.39, 0.29) is 24.5 Å². The SMILES string of the molecule is Cc1ccc(C(=O)CCC(=O)NCCN2CCN(Cc3ccccc3)CC2)s1.